The minimum absolute atomic E-state index is 0.278. The van der Waals surface area contributed by atoms with E-state index >= 15 is 0 Å². The van der Waals surface area contributed by atoms with Crippen molar-refractivity contribution in [2.75, 3.05) is 12.4 Å². The van der Waals surface area contributed by atoms with E-state index in [1.807, 2.05) is 0 Å². The zero-order valence-electron chi connectivity index (χ0n) is 7.12. The number of carbonyl (C=O) groups excluding carboxylic acids is 1. The highest BCUT2D eigenvalue weighted by Gasteiger charge is 2.00. The van der Waals surface area contributed by atoms with Gasteiger partial charge in [-0.25, -0.2) is 4.39 Å². The molecule has 0 aliphatic heterocycles. The molecule has 0 saturated carbocycles. The lowest BCUT2D eigenvalue weighted by molar-refractivity contribution is 0.112. The van der Waals surface area contributed by atoms with Gasteiger partial charge >= 0.3 is 0 Å². The van der Waals surface area contributed by atoms with Crippen LogP contribution in [-0.2, 0) is 0 Å². The summed E-state index contributed by atoms with van der Waals surface area (Å²) < 4.78 is 12.6. The Morgan fingerprint density at radius 3 is 2.92 bits per heavy atom. The Morgan fingerprint density at radius 1 is 1.54 bits per heavy atom. The lowest BCUT2D eigenvalue weighted by Gasteiger charge is -2.02. The second-order valence-corrected chi connectivity index (χ2v) is 2.38. The summed E-state index contributed by atoms with van der Waals surface area (Å²) in [6, 6.07) is 3.93. The maximum atomic E-state index is 12.6. The number of carbonyl (C=O) groups is 1. The van der Waals surface area contributed by atoms with Crippen LogP contribution in [0.25, 0.3) is 0 Å². The number of benzene rings is 1. The number of anilines is 1. The average molecular weight is 180 g/mol. The second-order valence-electron chi connectivity index (χ2n) is 2.38. The molecule has 0 saturated heterocycles. The van der Waals surface area contributed by atoms with Crippen molar-refractivity contribution in [3.63, 3.8) is 0 Å². The fraction of sp³-hybridized carbons (Fsp3) is 0.111. The van der Waals surface area contributed by atoms with E-state index < -0.39 is 5.82 Å². The smallest absolute Gasteiger partial charge is 0.152 e. The first-order valence-corrected chi connectivity index (χ1v) is 3.70. The van der Waals surface area contributed by atoms with E-state index in [1.165, 1.54) is 24.5 Å². The lowest BCUT2D eigenvalue weighted by Crippen LogP contribution is -1.98. The predicted octanol–water partition coefficient (Wildman–Crippen LogP) is 1.71. The molecular formula is C9H9FN2O. The molecule has 68 valence electrons. The summed E-state index contributed by atoms with van der Waals surface area (Å²) in [4.78, 5) is 14.2. The van der Waals surface area contributed by atoms with Gasteiger partial charge in [0.25, 0.3) is 0 Å². The van der Waals surface area contributed by atoms with Gasteiger partial charge in [0.1, 0.15) is 5.82 Å². The molecule has 3 nitrogen and oxygen atoms in total. The standard InChI is InChI=1S/C9H9FN2O/c1-11-6-12-9-3-2-8(10)4-7(9)5-13/h2-6H,1H3,(H,11,12). The number of aldehydes is 1. The van der Waals surface area contributed by atoms with Crippen LogP contribution in [0, 0.1) is 5.82 Å². The van der Waals surface area contributed by atoms with E-state index in [-0.39, 0.29) is 5.56 Å². The minimum atomic E-state index is -0.430. The van der Waals surface area contributed by atoms with Crippen molar-refractivity contribution in [2.24, 2.45) is 4.99 Å². The van der Waals surface area contributed by atoms with Crippen LogP contribution in [0.15, 0.2) is 23.2 Å². The third-order valence-electron chi connectivity index (χ3n) is 1.49. The van der Waals surface area contributed by atoms with Crippen LogP contribution < -0.4 is 5.32 Å². The van der Waals surface area contributed by atoms with Gasteiger partial charge in [-0.3, -0.25) is 9.79 Å². The number of halogens is 1. The summed E-state index contributed by atoms with van der Waals surface area (Å²) in [6.07, 6.45) is 2.02. The molecule has 0 radical (unpaired) electrons. The van der Waals surface area contributed by atoms with Crippen LogP contribution in [0.2, 0.25) is 0 Å². The number of rotatable bonds is 3. The summed E-state index contributed by atoms with van der Waals surface area (Å²) in [7, 11) is 1.59. The first-order valence-electron chi connectivity index (χ1n) is 3.70. The molecule has 0 aromatic heterocycles. The monoisotopic (exact) mass is 180 g/mol. The Balaban J connectivity index is 2.98. The van der Waals surface area contributed by atoms with Gasteiger partial charge in [0.15, 0.2) is 6.29 Å². The van der Waals surface area contributed by atoms with Gasteiger partial charge in [0.2, 0.25) is 0 Å². The largest absolute Gasteiger partial charge is 0.346 e. The molecular weight excluding hydrogens is 171 g/mol. The van der Waals surface area contributed by atoms with Crippen molar-refractivity contribution in [1.82, 2.24) is 0 Å². The topological polar surface area (TPSA) is 41.5 Å². The SMILES string of the molecule is CN=CNc1ccc(F)cc1C=O. The molecule has 0 bridgehead atoms. The van der Waals surface area contributed by atoms with Crippen molar-refractivity contribution >= 4 is 18.3 Å². The number of nitrogens with one attached hydrogen (secondary N) is 1. The lowest BCUT2D eigenvalue weighted by atomic mass is 10.2. The van der Waals surface area contributed by atoms with Gasteiger partial charge in [0, 0.05) is 18.3 Å². The molecule has 0 unspecified atom stereocenters. The normalized spacial score (nSPS) is 10.3. The molecule has 1 aromatic rings. The van der Waals surface area contributed by atoms with Crippen molar-refractivity contribution in [3.05, 3.63) is 29.6 Å². The molecule has 0 amide bonds. The van der Waals surface area contributed by atoms with Crippen molar-refractivity contribution in [2.45, 2.75) is 0 Å². The number of hydrogen-bond acceptors (Lipinski definition) is 2. The fourth-order valence-electron chi connectivity index (χ4n) is 0.897. The third kappa shape index (κ3) is 2.37. The van der Waals surface area contributed by atoms with Gasteiger partial charge in [-0.1, -0.05) is 0 Å². The van der Waals surface area contributed by atoms with Crippen LogP contribution in [-0.4, -0.2) is 19.7 Å². The van der Waals surface area contributed by atoms with E-state index in [9.17, 15) is 9.18 Å². The highest BCUT2D eigenvalue weighted by molar-refractivity contribution is 5.89. The minimum Gasteiger partial charge on any atom is -0.346 e. The highest BCUT2D eigenvalue weighted by Crippen LogP contribution is 2.13. The van der Waals surface area contributed by atoms with E-state index in [0.29, 0.717) is 12.0 Å². The molecule has 13 heavy (non-hydrogen) atoms. The molecule has 4 heteroatoms. The van der Waals surface area contributed by atoms with Gasteiger partial charge < -0.3 is 5.32 Å². The molecule has 0 aliphatic rings. The molecule has 0 aliphatic carbocycles. The zero-order chi connectivity index (χ0) is 9.68. The van der Waals surface area contributed by atoms with Crippen molar-refractivity contribution in [1.29, 1.82) is 0 Å². The highest BCUT2D eigenvalue weighted by atomic mass is 19.1. The van der Waals surface area contributed by atoms with Crippen LogP contribution in [0.1, 0.15) is 10.4 Å². The Bertz CT molecular complexity index is 336. The summed E-state index contributed by atoms with van der Waals surface area (Å²) in [6.45, 7) is 0. The average Bonchev–Trinajstić information content (AvgIpc) is 2.16. The number of nitrogens with zero attached hydrogens (tertiary/aromatic N) is 1. The maximum absolute atomic E-state index is 12.6. The van der Waals surface area contributed by atoms with Crippen LogP contribution in [0.5, 0.6) is 0 Å². The Labute approximate surface area is 75.3 Å². The molecule has 0 spiro atoms. The maximum Gasteiger partial charge on any atom is 0.152 e. The van der Waals surface area contributed by atoms with E-state index in [4.69, 9.17) is 0 Å². The van der Waals surface area contributed by atoms with Gasteiger partial charge in [0.05, 0.1) is 6.34 Å². The second kappa shape index (κ2) is 4.35. The van der Waals surface area contributed by atoms with E-state index in [1.54, 1.807) is 7.05 Å². The Hall–Kier alpha value is -1.71. The zero-order valence-corrected chi connectivity index (χ0v) is 7.12. The first-order chi connectivity index (χ1) is 6.27. The number of aliphatic imine (C=N–C) groups is 1. The fourth-order valence-corrected chi connectivity index (χ4v) is 0.897. The Kier molecular flexibility index (Phi) is 3.14. The molecule has 0 fully saturated rings. The molecule has 0 heterocycles. The van der Waals surface area contributed by atoms with E-state index in [0.717, 1.165) is 0 Å². The molecule has 1 N–H and O–H groups in total. The van der Waals surface area contributed by atoms with E-state index in [2.05, 4.69) is 10.3 Å². The number of hydrogen-bond donors (Lipinski definition) is 1. The van der Waals surface area contributed by atoms with Crippen LogP contribution in [0.3, 0.4) is 0 Å². The van der Waals surface area contributed by atoms with Crippen molar-refractivity contribution in [3.8, 4) is 0 Å². The molecule has 0 atom stereocenters. The van der Waals surface area contributed by atoms with Gasteiger partial charge in [-0.05, 0) is 18.2 Å². The Morgan fingerprint density at radius 2 is 2.31 bits per heavy atom. The van der Waals surface area contributed by atoms with Crippen LogP contribution >= 0.6 is 0 Å². The van der Waals surface area contributed by atoms with Crippen molar-refractivity contribution < 1.29 is 9.18 Å². The summed E-state index contributed by atoms with van der Waals surface area (Å²) in [5.74, 6) is -0.430. The van der Waals surface area contributed by atoms with Gasteiger partial charge in [-0.15, -0.1) is 0 Å². The molecule has 1 rings (SSSR count). The predicted molar refractivity (Wildman–Crippen MR) is 49.8 cm³/mol. The molecule has 1 aromatic carbocycles. The summed E-state index contributed by atoms with van der Waals surface area (Å²) in [5, 5.41) is 2.75. The quantitative estimate of drug-likeness (QED) is 0.437. The third-order valence-corrected chi connectivity index (χ3v) is 1.49. The first kappa shape index (κ1) is 9.38. The van der Waals surface area contributed by atoms with Gasteiger partial charge in [-0.2, -0.15) is 0 Å². The summed E-state index contributed by atoms with van der Waals surface area (Å²) >= 11 is 0. The summed E-state index contributed by atoms with van der Waals surface area (Å²) in [5.41, 5.74) is 0.821. The van der Waals surface area contributed by atoms with Crippen LogP contribution in [0.4, 0.5) is 10.1 Å².